The third kappa shape index (κ3) is 5.01. The maximum absolute atomic E-state index is 12.8. The maximum Gasteiger partial charge on any atom is 0.227 e. The molecule has 0 bridgehead atoms. The Labute approximate surface area is 160 Å². The van der Waals surface area contributed by atoms with E-state index in [-0.39, 0.29) is 5.91 Å². The van der Waals surface area contributed by atoms with Gasteiger partial charge < -0.3 is 9.64 Å². The molecule has 0 radical (unpaired) electrons. The van der Waals surface area contributed by atoms with E-state index in [1.54, 1.807) is 0 Å². The monoisotopic (exact) mass is 371 g/mol. The molecular formula is C22H26ClNO2. The summed E-state index contributed by atoms with van der Waals surface area (Å²) in [5, 5.41) is 0.755. The van der Waals surface area contributed by atoms with Crippen molar-refractivity contribution in [2.24, 2.45) is 0 Å². The fourth-order valence-corrected chi connectivity index (χ4v) is 3.66. The first-order valence-electron chi connectivity index (χ1n) is 9.40. The summed E-state index contributed by atoms with van der Waals surface area (Å²) in [5.74, 6) is 1.44. The SMILES string of the molecule is CCOc1ccc(CC(=O)N2CCCCC(c3ccc(Cl)cc3)C2)cc1. The van der Waals surface area contributed by atoms with Crippen LogP contribution in [-0.2, 0) is 11.2 Å². The number of hydrogen-bond donors (Lipinski definition) is 0. The smallest absolute Gasteiger partial charge is 0.227 e. The maximum atomic E-state index is 12.8. The summed E-state index contributed by atoms with van der Waals surface area (Å²) < 4.78 is 5.47. The molecule has 0 saturated carbocycles. The number of hydrogen-bond acceptors (Lipinski definition) is 2. The van der Waals surface area contributed by atoms with Crippen LogP contribution in [0.25, 0.3) is 0 Å². The van der Waals surface area contributed by atoms with Gasteiger partial charge in [-0.05, 0) is 55.2 Å². The number of carbonyl (C=O) groups excluding carboxylic acids is 1. The second-order valence-corrected chi connectivity index (χ2v) is 7.27. The lowest BCUT2D eigenvalue weighted by Gasteiger charge is -2.25. The van der Waals surface area contributed by atoms with Crippen molar-refractivity contribution >= 4 is 17.5 Å². The summed E-state index contributed by atoms with van der Waals surface area (Å²) in [6.45, 7) is 4.25. The Kier molecular flexibility index (Phi) is 6.56. The van der Waals surface area contributed by atoms with Crippen molar-refractivity contribution in [1.82, 2.24) is 4.90 Å². The number of nitrogens with zero attached hydrogens (tertiary/aromatic N) is 1. The Balaban J connectivity index is 1.64. The zero-order chi connectivity index (χ0) is 18.4. The summed E-state index contributed by atoms with van der Waals surface area (Å²) in [7, 11) is 0. The third-order valence-corrected chi connectivity index (χ3v) is 5.21. The van der Waals surface area contributed by atoms with E-state index in [0.717, 1.165) is 48.7 Å². The van der Waals surface area contributed by atoms with Crippen molar-refractivity contribution in [1.29, 1.82) is 0 Å². The van der Waals surface area contributed by atoms with E-state index in [1.807, 2.05) is 48.2 Å². The average Bonchev–Trinajstić information content (AvgIpc) is 2.91. The number of likely N-dealkylation sites (tertiary alicyclic amines) is 1. The second kappa shape index (κ2) is 9.09. The number of halogens is 1. The molecule has 2 aromatic rings. The number of benzene rings is 2. The fourth-order valence-electron chi connectivity index (χ4n) is 3.53. The van der Waals surface area contributed by atoms with Gasteiger partial charge in [0.15, 0.2) is 0 Å². The molecule has 138 valence electrons. The molecule has 0 N–H and O–H groups in total. The van der Waals surface area contributed by atoms with Crippen LogP contribution >= 0.6 is 11.6 Å². The quantitative estimate of drug-likeness (QED) is 0.733. The predicted molar refractivity (Wildman–Crippen MR) is 106 cm³/mol. The molecule has 0 aliphatic carbocycles. The molecule has 1 aliphatic rings. The molecule has 1 unspecified atom stereocenters. The Morgan fingerprint density at radius 3 is 2.54 bits per heavy atom. The van der Waals surface area contributed by atoms with Crippen molar-refractivity contribution in [2.45, 2.75) is 38.5 Å². The number of carbonyl (C=O) groups is 1. The Hall–Kier alpha value is -2.00. The van der Waals surface area contributed by atoms with Gasteiger partial charge in [0.05, 0.1) is 13.0 Å². The predicted octanol–water partition coefficient (Wildman–Crippen LogP) is 5.08. The molecule has 0 aromatic heterocycles. The van der Waals surface area contributed by atoms with Crippen molar-refractivity contribution in [3.8, 4) is 5.75 Å². The van der Waals surface area contributed by atoms with Gasteiger partial charge in [-0.25, -0.2) is 0 Å². The fraction of sp³-hybridized carbons (Fsp3) is 0.409. The number of rotatable bonds is 5. The van der Waals surface area contributed by atoms with E-state index in [4.69, 9.17) is 16.3 Å². The molecule has 1 saturated heterocycles. The van der Waals surface area contributed by atoms with Gasteiger partial charge in [-0.1, -0.05) is 42.3 Å². The van der Waals surface area contributed by atoms with Gasteiger partial charge in [-0.3, -0.25) is 4.79 Å². The summed E-state index contributed by atoms with van der Waals surface area (Å²) in [4.78, 5) is 14.9. The lowest BCUT2D eigenvalue weighted by Crippen LogP contribution is -2.35. The summed E-state index contributed by atoms with van der Waals surface area (Å²) in [6.07, 6.45) is 3.79. The molecule has 1 heterocycles. The Bertz CT molecular complexity index is 712. The lowest BCUT2D eigenvalue weighted by molar-refractivity contribution is -0.130. The molecule has 26 heavy (non-hydrogen) atoms. The molecule has 1 fully saturated rings. The van der Waals surface area contributed by atoms with Crippen LogP contribution in [0.3, 0.4) is 0 Å². The molecular weight excluding hydrogens is 346 g/mol. The largest absolute Gasteiger partial charge is 0.494 e. The molecule has 3 rings (SSSR count). The van der Waals surface area contributed by atoms with Crippen LogP contribution in [0.15, 0.2) is 48.5 Å². The highest BCUT2D eigenvalue weighted by molar-refractivity contribution is 6.30. The van der Waals surface area contributed by atoms with Crippen molar-refractivity contribution in [3.05, 3.63) is 64.7 Å². The first-order chi connectivity index (χ1) is 12.7. The van der Waals surface area contributed by atoms with Crippen LogP contribution in [0.2, 0.25) is 5.02 Å². The lowest BCUT2D eigenvalue weighted by atomic mass is 9.94. The molecule has 3 nitrogen and oxygen atoms in total. The highest BCUT2D eigenvalue weighted by Crippen LogP contribution is 2.28. The van der Waals surface area contributed by atoms with Crippen LogP contribution in [0.4, 0.5) is 0 Å². The van der Waals surface area contributed by atoms with Crippen LogP contribution in [0, 0.1) is 0 Å². The van der Waals surface area contributed by atoms with Gasteiger partial charge in [-0.15, -0.1) is 0 Å². The first kappa shape index (κ1) is 18.8. The van der Waals surface area contributed by atoms with E-state index in [9.17, 15) is 4.79 Å². The first-order valence-corrected chi connectivity index (χ1v) is 9.78. The minimum atomic E-state index is 0.204. The summed E-state index contributed by atoms with van der Waals surface area (Å²) >= 11 is 6.01. The van der Waals surface area contributed by atoms with Gasteiger partial charge in [0.25, 0.3) is 0 Å². The minimum Gasteiger partial charge on any atom is -0.494 e. The number of amides is 1. The van der Waals surface area contributed by atoms with Gasteiger partial charge in [0.2, 0.25) is 5.91 Å². The summed E-state index contributed by atoms with van der Waals surface area (Å²) in [6, 6.07) is 15.9. The zero-order valence-corrected chi connectivity index (χ0v) is 16.0. The molecule has 0 spiro atoms. The summed E-state index contributed by atoms with van der Waals surface area (Å²) in [5.41, 5.74) is 2.31. The Morgan fingerprint density at radius 1 is 1.12 bits per heavy atom. The standard InChI is InChI=1S/C22H26ClNO2/c1-2-26-21-12-6-17(7-13-21)15-22(25)24-14-4-3-5-19(16-24)18-8-10-20(23)11-9-18/h6-13,19H,2-5,14-16H2,1H3. The minimum absolute atomic E-state index is 0.204. The second-order valence-electron chi connectivity index (χ2n) is 6.84. The van der Waals surface area contributed by atoms with Crippen molar-refractivity contribution < 1.29 is 9.53 Å². The normalized spacial score (nSPS) is 17.6. The zero-order valence-electron chi connectivity index (χ0n) is 15.3. The van der Waals surface area contributed by atoms with E-state index < -0.39 is 0 Å². The van der Waals surface area contributed by atoms with Crippen LogP contribution < -0.4 is 4.74 Å². The van der Waals surface area contributed by atoms with E-state index in [1.165, 1.54) is 5.56 Å². The van der Waals surface area contributed by atoms with E-state index in [2.05, 4.69) is 12.1 Å². The van der Waals surface area contributed by atoms with Crippen LogP contribution in [0.5, 0.6) is 5.75 Å². The topological polar surface area (TPSA) is 29.5 Å². The van der Waals surface area contributed by atoms with Gasteiger partial charge in [0, 0.05) is 24.0 Å². The van der Waals surface area contributed by atoms with Gasteiger partial charge in [-0.2, -0.15) is 0 Å². The highest BCUT2D eigenvalue weighted by atomic mass is 35.5. The number of ether oxygens (including phenoxy) is 1. The van der Waals surface area contributed by atoms with E-state index >= 15 is 0 Å². The third-order valence-electron chi connectivity index (χ3n) is 4.96. The van der Waals surface area contributed by atoms with Gasteiger partial charge >= 0.3 is 0 Å². The molecule has 1 aliphatic heterocycles. The van der Waals surface area contributed by atoms with Crippen molar-refractivity contribution in [2.75, 3.05) is 19.7 Å². The highest BCUT2D eigenvalue weighted by Gasteiger charge is 2.23. The molecule has 2 aromatic carbocycles. The van der Waals surface area contributed by atoms with Crippen LogP contribution in [-0.4, -0.2) is 30.5 Å². The van der Waals surface area contributed by atoms with E-state index in [0.29, 0.717) is 18.9 Å². The van der Waals surface area contributed by atoms with Gasteiger partial charge in [0.1, 0.15) is 5.75 Å². The Morgan fingerprint density at radius 2 is 1.85 bits per heavy atom. The van der Waals surface area contributed by atoms with Crippen LogP contribution in [0.1, 0.15) is 43.2 Å². The average molecular weight is 372 g/mol. The van der Waals surface area contributed by atoms with Crippen molar-refractivity contribution in [3.63, 3.8) is 0 Å². The molecule has 4 heteroatoms. The molecule has 1 atom stereocenters. The molecule has 1 amide bonds.